The van der Waals surface area contributed by atoms with Crippen molar-refractivity contribution in [3.05, 3.63) is 71.2 Å². The molecule has 0 bridgehead atoms. The smallest absolute Gasteiger partial charge is 0.249 e. The van der Waals surface area contributed by atoms with E-state index >= 15 is 0 Å². The van der Waals surface area contributed by atoms with Crippen LogP contribution in [0.2, 0.25) is 5.02 Å². The number of nitrogens with zero attached hydrogens (tertiary/aromatic N) is 5. The third-order valence-electron chi connectivity index (χ3n) is 5.10. The number of aryl methyl sites for hydroxylation is 1. The molecule has 34 heavy (non-hydrogen) atoms. The molecule has 2 heterocycles. The summed E-state index contributed by atoms with van der Waals surface area (Å²) in [7, 11) is 0. The number of benzene rings is 2. The van der Waals surface area contributed by atoms with Gasteiger partial charge in [-0.05, 0) is 49.2 Å². The Kier molecular flexibility index (Phi) is 7.64. The largest absolute Gasteiger partial charge is 0.419 e. The molecule has 0 aliphatic heterocycles. The fourth-order valence-corrected chi connectivity index (χ4v) is 3.62. The van der Waals surface area contributed by atoms with Gasteiger partial charge in [-0.1, -0.05) is 35.8 Å². The van der Waals surface area contributed by atoms with E-state index in [-0.39, 0.29) is 18.3 Å². The van der Waals surface area contributed by atoms with Gasteiger partial charge in [-0.3, -0.25) is 4.79 Å². The number of aromatic nitrogens is 4. The average Bonchev–Trinajstić information content (AvgIpc) is 3.49. The fourth-order valence-electron chi connectivity index (χ4n) is 3.41. The average molecular weight is 484 g/mol. The van der Waals surface area contributed by atoms with Gasteiger partial charge in [0.2, 0.25) is 29.4 Å². The maximum atomic E-state index is 13.1. The summed E-state index contributed by atoms with van der Waals surface area (Å²) in [6, 6.07) is 13.1. The van der Waals surface area contributed by atoms with Crippen molar-refractivity contribution in [2.75, 3.05) is 6.54 Å². The number of halogens is 2. The second kappa shape index (κ2) is 11.0. The molecule has 0 aliphatic carbocycles. The lowest BCUT2D eigenvalue weighted by atomic mass is 10.2. The van der Waals surface area contributed by atoms with Crippen LogP contribution >= 0.6 is 11.6 Å². The van der Waals surface area contributed by atoms with Crippen molar-refractivity contribution in [3.63, 3.8) is 0 Å². The van der Waals surface area contributed by atoms with E-state index in [0.29, 0.717) is 65.5 Å². The SMILES string of the molecule is CCCN(Cc1nnc(-c2ccccc2Cl)o1)C(=O)CCCc1nc(-c2ccc(F)cc2)no1. The Morgan fingerprint density at radius 2 is 1.88 bits per heavy atom. The summed E-state index contributed by atoms with van der Waals surface area (Å²) in [4.78, 5) is 18.9. The molecular formula is C24H23ClFN5O3. The van der Waals surface area contributed by atoms with Crippen molar-refractivity contribution in [3.8, 4) is 22.8 Å². The maximum absolute atomic E-state index is 13.1. The third-order valence-corrected chi connectivity index (χ3v) is 5.42. The summed E-state index contributed by atoms with van der Waals surface area (Å²) in [5.74, 6) is 1.12. The Balaban J connectivity index is 1.32. The van der Waals surface area contributed by atoms with Gasteiger partial charge in [0.05, 0.1) is 17.1 Å². The van der Waals surface area contributed by atoms with E-state index in [1.807, 2.05) is 19.1 Å². The van der Waals surface area contributed by atoms with Crippen LogP contribution in [0, 0.1) is 5.82 Å². The van der Waals surface area contributed by atoms with Crippen LogP contribution in [-0.2, 0) is 17.8 Å². The van der Waals surface area contributed by atoms with E-state index < -0.39 is 0 Å². The molecule has 4 rings (SSSR count). The lowest BCUT2D eigenvalue weighted by molar-refractivity contribution is -0.132. The van der Waals surface area contributed by atoms with Gasteiger partial charge in [0.25, 0.3) is 0 Å². The van der Waals surface area contributed by atoms with Crippen molar-refractivity contribution in [1.29, 1.82) is 0 Å². The van der Waals surface area contributed by atoms with E-state index in [1.165, 1.54) is 12.1 Å². The summed E-state index contributed by atoms with van der Waals surface area (Å²) in [6.07, 6.45) is 2.09. The molecule has 0 atom stereocenters. The van der Waals surface area contributed by atoms with Crippen LogP contribution < -0.4 is 0 Å². The van der Waals surface area contributed by atoms with Crippen LogP contribution in [-0.4, -0.2) is 37.7 Å². The van der Waals surface area contributed by atoms with Crippen LogP contribution in [0.1, 0.15) is 38.0 Å². The van der Waals surface area contributed by atoms with Gasteiger partial charge >= 0.3 is 0 Å². The molecule has 0 fully saturated rings. The molecule has 2 aromatic carbocycles. The molecule has 0 aliphatic rings. The lowest BCUT2D eigenvalue weighted by Crippen LogP contribution is -2.31. The Labute approximate surface area is 200 Å². The first-order valence-corrected chi connectivity index (χ1v) is 11.3. The molecule has 176 valence electrons. The Hall–Kier alpha value is -3.59. The summed E-state index contributed by atoms with van der Waals surface area (Å²) in [5, 5.41) is 12.6. The number of hydrogen-bond acceptors (Lipinski definition) is 7. The van der Waals surface area contributed by atoms with E-state index in [0.717, 1.165) is 6.42 Å². The molecule has 0 saturated carbocycles. The van der Waals surface area contributed by atoms with Crippen molar-refractivity contribution in [2.45, 2.75) is 39.2 Å². The van der Waals surface area contributed by atoms with Crippen molar-refractivity contribution in [2.24, 2.45) is 0 Å². The zero-order valence-corrected chi connectivity index (χ0v) is 19.3. The molecule has 2 aromatic heterocycles. The molecule has 0 unspecified atom stereocenters. The standard InChI is InChI=1S/C24H23ClFN5O3/c1-2-14-31(15-21-28-29-24(33-21)18-6-3-4-7-19(18)25)22(32)9-5-8-20-27-23(30-34-20)16-10-12-17(26)13-11-16/h3-4,6-7,10-13H,2,5,8-9,14-15H2,1H3. The first-order valence-electron chi connectivity index (χ1n) is 11.0. The van der Waals surface area contributed by atoms with Gasteiger partial charge in [0.15, 0.2) is 0 Å². The number of carbonyl (C=O) groups excluding carboxylic acids is 1. The minimum atomic E-state index is -0.330. The Morgan fingerprint density at radius 1 is 1.09 bits per heavy atom. The van der Waals surface area contributed by atoms with Crippen LogP contribution in [0.4, 0.5) is 4.39 Å². The summed E-state index contributed by atoms with van der Waals surface area (Å²) in [6.45, 7) is 2.79. The van der Waals surface area contributed by atoms with Gasteiger partial charge in [0.1, 0.15) is 5.82 Å². The van der Waals surface area contributed by atoms with Crippen molar-refractivity contribution >= 4 is 17.5 Å². The third kappa shape index (κ3) is 5.85. The highest BCUT2D eigenvalue weighted by Crippen LogP contribution is 2.26. The summed E-state index contributed by atoms with van der Waals surface area (Å²) < 4.78 is 24.1. The minimum absolute atomic E-state index is 0.0300. The highest BCUT2D eigenvalue weighted by Gasteiger charge is 2.19. The number of carbonyl (C=O) groups is 1. The van der Waals surface area contributed by atoms with Crippen molar-refractivity contribution in [1.82, 2.24) is 25.2 Å². The molecule has 10 heteroatoms. The Morgan fingerprint density at radius 3 is 2.65 bits per heavy atom. The molecule has 0 spiro atoms. The van der Waals surface area contributed by atoms with Crippen LogP contribution in [0.5, 0.6) is 0 Å². The monoisotopic (exact) mass is 483 g/mol. The van der Waals surface area contributed by atoms with Gasteiger partial charge < -0.3 is 13.8 Å². The second-order valence-electron chi connectivity index (χ2n) is 7.67. The zero-order valence-electron chi connectivity index (χ0n) is 18.6. The first kappa shape index (κ1) is 23.6. The van der Waals surface area contributed by atoms with Gasteiger partial charge in [-0.25, -0.2) is 4.39 Å². The zero-order chi connectivity index (χ0) is 23.9. The fraction of sp³-hybridized carbons (Fsp3) is 0.292. The lowest BCUT2D eigenvalue weighted by Gasteiger charge is -2.20. The minimum Gasteiger partial charge on any atom is -0.419 e. The number of amides is 1. The first-order chi connectivity index (χ1) is 16.5. The molecular weight excluding hydrogens is 461 g/mol. The molecule has 0 radical (unpaired) electrons. The second-order valence-corrected chi connectivity index (χ2v) is 8.08. The van der Waals surface area contributed by atoms with Crippen molar-refractivity contribution < 1.29 is 18.1 Å². The van der Waals surface area contributed by atoms with E-state index in [4.69, 9.17) is 20.5 Å². The van der Waals surface area contributed by atoms with Crippen LogP contribution in [0.25, 0.3) is 22.8 Å². The van der Waals surface area contributed by atoms with Crippen LogP contribution in [0.3, 0.4) is 0 Å². The molecule has 8 nitrogen and oxygen atoms in total. The molecule has 0 saturated heterocycles. The van der Waals surface area contributed by atoms with E-state index in [1.54, 1.807) is 29.2 Å². The normalized spacial score (nSPS) is 11.0. The molecule has 1 amide bonds. The molecule has 0 N–H and O–H groups in total. The summed E-state index contributed by atoms with van der Waals surface area (Å²) >= 11 is 6.20. The quantitative estimate of drug-likeness (QED) is 0.300. The Bertz CT molecular complexity index is 1240. The molecule has 4 aromatic rings. The van der Waals surface area contributed by atoms with E-state index in [9.17, 15) is 9.18 Å². The predicted molar refractivity (Wildman–Crippen MR) is 123 cm³/mol. The maximum Gasteiger partial charge on any atom is 0.249 e. The highest BCUT2D eigenvalue weighted by molar-refractivity contribution is 6.33. The van der Waals surface area contributed by atoms with Gasteiger partial charge in [0, 0.05) is 24.9 Å². The van der Waals surface area contributed by atoms with Crippen LogP contribution in [0.15, 0.2) is 57.5 Å². The summed E-state index contributed by atoms with van der Waals surface area (Å²) in [5.41, 5.74) is 1.31. The van der Waals surface area contributed by atoms with Gasteiger partial charge in [-0.2, -0.15) is 4.98 Å². The number of rotatable bonds is 10. The topological polar surface area (TPSA) is 98.2 Å². The number of hydrogen-bond donors (Lipinski definition) is 0. The van der Waals surface area contributed by atoms with Gasteiger partial charge in [-0.15, -0.1) is 10.2 Å². The van der Waals surface area contributed by atoms with E-state index in [2.05, 4.69) is 20.3 Å². The highest BCUT2D eigenvalue weighted by atomic mass is 35.5. The predicted octanol–water partition coefficient (Wildman–Crippen LogP) is 5.34.